The van der Waals surface area contributed by atoms with E-state index in [0.29, 0.717) is 4.88 Å². The van der Waals surface area contributed by atoms with Crippen molar-refractivity contribution in [3.8, 4) is 11.3 Å². The number of carboxylic acid groups (broad SMARTS) is 1. The minimum atomic E-state index is -0.874. The molecule has 3 aromatic rings. The number of nitrogens with zero attached hydrogens (tertiary/aromatic N) is 1. The van der Waals surface area contributed by atoms with Gasteiger partial charge in [-0.3, -0.25) is 0 Å². The number of carbonyl (C=O) groups is 1. The van der Waals surface area contributed by atoms with Gasteiger partial charge in [0.1, 0.15) is 9.71 Å². The lowest BCUT2D eigenvalue weighted by molar-refractivity contribution is 0.0702. The zero-order chi connectivity index (χ0) is 12.0. The van der Waals surface area contributed by atoms with Gasteiger partial charge in [0.25, 0.3) is 0 Å². The van der Waals surface area contributed by atoms with Gasteiger partial charge in [-0.2, -0.15) is 0 Å². The van der Waals surface area contributed by atoms with E-state index in [0.717, 1.165) is 21.5 Å². The average Bonchev–Trinajstić information content (AvgIpc) is 2.88. The van der Waals surface area contributed by atoms with E-state index < -0.39 is 5.97 Å². The van der Waals surface area contributed by atoms with Gasteiger partial charge < -0.3 is 14.7 Å². The SMILES string of the molecule is Cn1ccc(-c2cc3cc(C(=O)O)sc3[nH]2)c1. The van der Waals surface area contributed by atoms with Crippen LogP contribution in [0.4, 0.5) is 0 Å². The van der Waals surface area contributed by atoms with Crippen LogP contribution >= 0.6 is 11.3 Å². The van der Waals surface area contributed by atoms with Gasteiger partial charge in [0.15, 0.2) is 0 Å². The standard InChI is InChI=1S/C12H10N2O2S/c1-14-3-2-7(6-14)9-4-8-5-10(12(15)16)17-11(8)13-9/h2-6,13H,1H3,(H,15,16). The maximum absolute atomic E-state index is 10.8. The summed E-state index contributed by atoms with van der Waals surface area (Å²) in [4.78, 5) is 15.3. The number of thiophene rings is 1. The smallest absolute Gasteiger partial charge is 0.345 e. The first-order valence-electron chi connectivity index (χ1n) is 5.11. The van der Waals surface area contributed by atoms with E-state index in [1.165, 1.54) is 11.3 Å². The fourth-order valence-electron chi connectivity index (χ4n) is 1.85. The number of nitrogens with one attached hydrogen (secondary N) is 1. The second kappa shape index (κ2) is 3.49. The maximum Gasteiger partial charge on any atom is 0.345 e. The van der Waals surface area contributed by atoms with Crippen molar-refractivity contribution in [1.29, 1.82) is 0 Å². The molecule has 2 N–H and O–H groups in total. The van der Waals surface area contributed by atoms with Crippen LogP contribution in [0.3, 0.4) is 0 Å². The highest BCUT2D eigenvalue weighted by atomic mass is 32.1. The number of fused-ring (bicyclic) bond motifs is 1. The molecule has 0 saturated carbocycles. The molecule has 0 aromatic carbocycles. The van der Waals surface area contributed by atoms with Crippen molar-refractivity contribution in [1.82, 2.24) is 9.55 Å². The normalized spacial score (nSPS) is 11.1. The molecule has 17 heavy (non-hydrogen) atoms. The lowest BCUT2D eigenvalue weighted by Gasteiger charge is -1.91. The minimum Gasteiger partial charge on any atom is -0.477 e. The van der Waals surface area contributed by atoms with Crippen LogP contribution in [-0.2, 0) is 7.05 Å². The van der Waals surface area contributed by atoms with Crippen LogP contribution in [0.2, 0.25) is 0 Å². The van der Waals surface area contributed by atoms with Gasteiger partial charge in [0.2, 0.25) is 0 Å². The number of H-pyrrole nitrogens is 1. The molecule has 4 nitrogen and oxygen atoms in total. The van der Waals surface area contributed by atoms with E-state index in [-0.39, 0.29) is 0 Å². The van der Waals surface area contributed by atoms with Gasteiger partial charge in [0, 0.05) is 36.1 Å². The van der Waals surface area contributed by atoms with Crippen LogP contribution < -0.4 is 0 Å². The quantitative estimate of drug-likeness (QED) is 0.730. The van der Waals surface area contributed by atoms with Crippen molar-refractivity contribution in [2.75, 3.05) is 0 Å². The molecule has 0 fully saturated rings. The molecule has 0 unspecified atom stereocenters. The summed E-state index contributed by atoms with van der Waals surface area (Å²) in [6, 6.07) is 5.70. The number of rotatable bonds is 2. The Morgan fingerprint density at radius 3 is 2.88 bits per heavy atom. The molecular formula is C12H10N2O2S. The van der Waals surface area contributed by atoms with Crippen molar-refractivity contribution in [2.45, 2.75) is 0 Å². The minimum absolute atomic E-state index is 0.367. The number of hydrogen-bond acceptors (Lipinski definition) is 2. The molecule has 0 bridgehead atoms. The average molecular weight is 246 g/mol. The Morgan fingerprint density at radius 2 is 2.29 bits per heavy atom. The van der Waals surface area contributed by atoms with Gasteiger partial charge in [-0.05, 0) is 18.2 Å². The molecule has 3 rings (SSSR count). The number of aryl methyl sites for hydroxylation is 1. The summed E-state index contributed by atoms with van der Waals surface area (Å²) in [6.07, 6.45) is 4.00. The molecule has 0 atom stereocenters. The van der Waals surface area contributed by atoms with Crippen molar-refractivity contribution in [3.63, 3.8) is 0 Å². The van der Waals surface area contributed by atoms with E-state index >= 15 is 0 Å². The summed E-state index contributed by atoms with van der Waals surface area (Å²) in [5.41, 5.74) is 2.12. The van der Waals surface area contributed by atoms with Crippen LogP contribution in [0.25, 0.3) is 21.5 Å². The van der Waals surface area contributed by atoms with Crippen molar-refractivity contribution in [3.05, 3.63) is 35.5 Å². The van der Waals surface area contributed by atoms with Crippen LogP contribution in [0.1, 0.15) is 9.67 Å². The Labute approximate surface area is 101 Å². The molecule has 5 heteroatoms. The summed E-state index contributed by atoms with van der Waals surface area (Å²) in [5.74, 6) is -0.874. The molecule has 0 amide bonds. The second-order valence-electron chi connectivity index (χ2n) is 3.95. The number of aromatic carboxylic acids is 1. The van der Waals surface area contributed by atoms with Crippen molar-refractivity contribution < 1.29 is 9.90 Å². The molecule has 0 spiro atoms. The van der Waals surface area contributed by atoms with E-state index in [2.05, 4.69) is 4.98 Å². The van der Waals surface area contributed by atoms with E-state index in [4.69, 9.17) is 5.11 Å². The summed E-state index contributed by atoms with van der Waals surface area (Å²) in [7, 11) is 1.97. The molecular weight excluding hydrogens is 236 g/mol. The van der Waals surface area contributed by atoms with E-state index in [1.807, 2.05) is 36.1 Å². The lowest BCUT2D eigenvalue weighted by atomic mass is 10.2. The maximum atomic E-state index is 10.8. The number of aromatic nitrogens is 2. The highest BCUT2D eigenvalue weighted by Crippen LogP contribution is 2.30. The first kappa shape index (κ1) is 10.2. The lowest BCUT2D eigenvalue weighted by Crippen LogP contribution is -1.89. The van der Waals surface area contributed by atoms with Crippen molar-refractivity contribution in [2.24, 2.45) is 7.05 Å². The third kappa shape index (κ3) is 1.64. The van der Waals surface area contributed by atoms with Gasteiger partial charge in [-0.25, -0.2) is 4.79 Å². The number of aromatic amines is 1. The van der Waals surface area contributed by atoms with Crippen LogP contribution in [-0.4, -0.2) is 20.6 Å². The fourth-order valence-corrected chi connectivity index (χ4v) is 2.74. The highest BCUT2D eigenvalue weighted by molar-refractivity contribution is 7.20. The van der Waals surface area contributed by atoms with Gasteiger partial charge >= 0.3 is 5.97 Å². The number of carboxylic acids is 1. The Balaban J connectivity index is 2.09. The Morgan fingerprint density at radius 1 is 1.47 bits per heavy atom. The first-order chi connectivity index (χ1) is 8.13. The first-order valence-corrected chi connectivity index (χ1v) is 5.93. The van der Waals surface area contributed by atoms with E-state index in [9.17, 15) is 4.79 Å². The summed E-state index contributed by atoms with van der Waals surface area (Å²) >= 11 is 1.27. The van der Waals surface area contributed by atoms with Crippen LogP contribution in [0, 0.1) is 0 Å². The third-order valence-electron chi connectivity index (χ3n) is 2.66. The Bertz CT molecular complexity index is 674. The molecule has 0 aliphatic carbocycles. The van der Waals surface area contributed by atoms with Crippen molar-refractivity contribution >= 4 is 27.5 Å². The predicted octanol–water partition coefficient (Wildman–Crippen LogP) is 2.93. The largest absolute Gasteiger partial charge is 0.477 e. The summed E-state index contributed by atoms with van der Waals surface area (Å²) < 4.78 is 1.98. The summed E-state index contributed by atoms with van der Waals surface area (Å²) in [5, 5.41) is 9.84. The molecule has 0 saturated heterocycles. The predicted molar refractivity (Wildman–Crippen MR) is 67.5 cm³/mol. The Hall–Kier alpha value is -2.01. The zero-order valence-corrected chi connectivity index (χ0v) is 9.91. The monoisotopic (exact) mass is 246 g/mol. The van der Waals surface area contributed by atoms with E-state index in [1.54, 1.807) is 6.07 Å². The van der Waals surface area contributed by atoms with Crippen LogP contribution in [0.5, 0.6) is 0 Å². The van der Waals surface area contributed by atoms with Gasteiger partial charge in [0.05, 0.1) is 0 Å². The highest BCUT2D eigenvalue weighted by Gasteiger charge is 2.11. The molecule has 86 valence electrons. The topological polar surface area (TPSA) is 58.0 Å². The second-order valence-corrected chi connectivity index (χ2v) is 5.00. The zero-order valence-electron chi connectivity index (χ0n) is 9.10. The molecule has 0 radical (unpaired) electrons. The fraction of sp³-hybridized carbons (Fsp3) is 0.0833. The van der Waals surface area contributed by atoms with Gasteiger partial charge in [-0.1, -0.05) is 0 Å². The van der Waals surface area contributed by atoms with Crippen LogP contribution in [0.15, 0.2) is 30.6 Å². The molecule has 3 heterocycles. The molecule has 3 aromatic heterocycles. The van der Waals surface area contributed by atoms with Gasteiger partial charge in [-0.15, -0.1) is 11.3 Å². The Kier molecular flexibility index (Phi) is 2.09. The molecule has 0 aliphatic heterocycles. The third-order valence-corrected chi connectivity index (χ3v) is 3.72. The molecule has 0 aliphatic rings. The summed E-state index contributed by atoms with van der Waals surface area (Å²) in [6.45, 7) is 0. The number of hydrogen-bond donors (Lipinski definition) is 2.